The topological polar surface area (TPSA) is 133 Å². The Kier molecular flexibility index (Phi) is 9.03. The van der Waals surface area contributed by atoms with Crippen LogP contribution in [0.5, 0.6) is 0 Å². The van der Waals surface area contributed by atoms with Crippen LogP contribution < -0.4 is 10.6 Å². The number of rotatable bonds is 12. The smallest absolute Gasteiger partial charge is 0.251 e. The Balaban J connectivity index is 1.15. The number of benzene rings is 2. The number of nitrogens with zero attached hydrogens (tertiary/aromatic N) is 2. The minimum absolute atomic E-state index is 0.155. The summed E-state index contributed by atoms with van der Waals surface area (Å²) >= 11 is 0. The Morgan fingerprint density at radius 2 is 1.00 bits per heavy atom. The Bertz CT molecular complexity index is 1470. The molecule has 0 aromatic heterocycles. The zero-order valence-electron chi connectivity index (χ0n) is 26.0. The lowest BCUT2D eigenvalue weighted by atomic mass is 9.43. The van der Waals surface area contributed by atoms with E-state index in [9.17, 15) is 26.4 Å². The van der Waals surface area contributed by atoms with Crippen LogP contribution in [0.1, 0.15) is 72.1 Å². The molecular formula is C32H44N4O6S2. The normalized spacial score (nSPS) is 26.2. The van der Waals surface area contributed by atoms with E-state index in [2.05, 4.69) is 10.6 Å². The summed E-state index contributed by atoms with van der Waals surface area (Å²) in [7, 11) is -1.19. The highest BCUT2D eigenvalue weighted by molar-refractivity contribution is 7.89. The Hall–Kier alpha value is -2.80. The molecule has 2 aromatic carbocycles. The molecular weight excluding hydrogens is 601 g/mol. The molecule has 0 spiro atoms. The lowest BCUT2D eigenvalue weighted by Gasteiger charge is -2.62. The quantitative estimate of drug-likeness (QED) is 0.362. The van der Waals surface area contributed by atoms with Crippen LogP contribution in [0, 0.1) is 22.7 Å². The van der Waals surface area contributed by atoms with Crippen LogP contribution in [0.2, 0.25) is 0 Å². The van der Waals surface area contributed by atoms with Crippen LogP contribution in [0.15, 0.2) is 58.3 Å². The molecule has 4 bridgehead atoms. The van der Waals surface area contributed by atoms with Gasteiger partial charge in [0.15, 0.2) is 0 Å². The van der Waals surface area contributed by atoms with Crippen molar-refractivity contribution in [1.82, 2.24) is 19.2 Å². The van der Waals surface area contributed by atoms with Crippen LogP contribution in [0.3, 0.4) is 0 Å². The van der Waals surface area contributed by atoms with Gasteiger partial charge in [0.25, 0.3) is 11.8 Å². The predicted octanol–water partition coefficient (Wildman–Crippen LogP) is 3.71. The molecule has 6 rings (SSSR count). The summed E-state index contributed by atoms with van der Waals surface area (Å²) in [6, 6.07) is 12.1. The second-order valence-corrected chi connectivity index (χ2v) is 17.9. The lowest BCUT2D eigenvalue weighted by molar-refractivity contribution is -0.116. The first-order chi connectivity index (χ1) is 20.6. The van der Waals surface area contributed by atoms with Crippen LogP contribution in [-0.2, 0) is 20.0 Å². The van der Waals surface area contributed by atoms with Gasteiger partial charge in [-0.15, -0.1) is 0 Å². The highest BCUT2D eigenvalue weighted by Crippen LogP contribution is 2.67. The molecule has 10 nitrogen and oxygen atoms in total. The average molecular weight is 645 g/mol. The van der Waals surface area contributed by atoms with E-state index in [-0.39, 0.29) is 32.4 Å². The fraction of sp³-hybridized carbons (Fsp3) is 0.562. The van der Waals surface area contributed by atoms with Crippen molar-refractivity contribution >= 4 is 31.9 Å². The molecule has 4 aliphatic carbocycles. The number of sulfonamides is 2. The molecule has 0 aliphatic heterocycles. The van der Waals surface area contributed by atoms with Crippen LogP contribution >= 0.6 is 0 Å². The number of amides is 2. The van der Waals surface area contributed by atoms with E-state index < -0.39 is 20.0 Å². The molecule has 12 heteroatoms. The minimum Gasteiger partial charge on any atom is -0.352 e. The first-order valence-corrected chi connectivity index (χ1v) is 18.1. The summed E-state index contributed by atoms with van der Waals surface area (Å²) in [5.74, 6) is 0.960. The number of carbonyl (C=O) groups excluding carboxylic acids is 2. The summed E-state index contributed by atoms with van der Waals surface area (Å²) in [6.45, 7) is 1.14. The maximum Gasteiger partial charge on any atom is 0.251 e. The Labute approximate surface area is 261 Å². The van der Waals surface area contributed by atoms with Crippen molar-refractivity contribution in [2.75, 3.05) is 41.3 Å². The first kappa shape index (κ1) is 32.6. The van der Waals surface area contributed by atoms with E-state index in [0.717, 1.165) is 27.9 Å². The van der Waals surface area contributed by atoms with Gasteiger partial charge in [-0.1, -0.05) is 0 Å². The monoisotopic (exact) mass is 644 g/mol. The largest absolute Gasteiger partial charge is 0.352 e. The fourth-order valence-corrected chi connectivity index (χ4v) is 10.1. The molecule has 240 valence electrons. The zero-order valence-corrected chi connectivity index (χ0v) is 27.6. The van der Waals surface area contributed by atoms with E-state index in [4.69, 9.17) is 0 Å². The zero-order chi connectivity index (χ0) is 31.9. The molecule has 4 fully saturated rings. The second-order valence-electron chi connectivity index (χ2n) is 13.6. The van der Waals surface area contributed by atoms with Gasteiger partial charge in [0, 0.05) is 52.4 Å². The standard InChI is InChI=1S/C32H44N4O6S2/c1-35(2)43(39,40)27-9-5-25(6-10-27)29(37)33-15-13-31-18-23-17-24(19-31)21-32(20-23,22-31)14-16-34-30(38)26-7-11-28(12-8-26)44(41,42)36(3)4/h5-12,23-24H,13-22H2,1-4H3,(H,33,37)(H,34,38). The van der Waals surface area contributed by atoms with Gasteiger partial charge in [-0.3, -0.25) is 9.59 Å². The molecule has 2 N–H and O–H groups in total. The third kappa shape index (κ3) is 6.59. The first-order valence-electron chi connectivity index (χ1n) is 15.3. The van der Waals surface area contributed by atoms with Gasteiger partial charge in [-0.05, 0) is 123 Å². The highest BCUT2D eigenvalue weighted by atomic mass is 32.2. The van der Waals surface area contributed by atoms with Gasteiger partial charge in [0.1, 0.15) is 0 Å². The maximum atomic E-state index is 12.9. The Morgan fingerprint density at radius 3 is 1.32 bits per heavy atom. The fourth-order valence-electron chi connectivity index (χ4n) is 8.30. The second kappa shape index (κ2) is 12.2. The molecule has 44 heavy (non-hydrogen) atoms. The number of nitrogens with one attached hydrogen (secondary N) is 2. The summed E-state index contributed by atoms with van der Waals surface area (Å²) in [6.07, 6.45) is 8.95. The van der Waals surface area contributed by atoms with Crippen molar-refractivity contribution in [1.29, 1.82) is 0 Å². The van der Waals surface area contributed by atoms with Crippen molar-refractivity contribution in [2.45, 2.75) is 61.2 Å². The third-order valence-electron chi connectivity index (χ3n) is 9.98. The van der Waals surface area contributed by atoms with E-state index in [1.807, 2.05) is 0 Å². The molecule has 0 atom stereocenters. The SMILES string of the molecule is CN(C)S(=O)(=O)c1ccc(C(=O)NCCC23CC4CC(C2)CC(CCNC(=O)c2ccc(S(=O)(=O)N(C)C)cc2)(C4)C3)cc1. The number of carbonyl (C=O) groups is 2. The lowest BCUT2D eigenvalue weighted by Crippen LogP contribution is -2.53. The molecule has 0 saturated heterocycles. The molecule has 0 heterocycles. The van der Waals surface area contributed by atoms with Crippen molar-refractivity contribution in [3.05, 3.63) is 59.7 Å². The van der Waals surface area contributed by atoms with E-state index >= 15 is 0 Å². The molecule has 2 aromatic rings. The Morgan fingerprint density at radius 1 is 0.659 bits per heavy atom. The highest BCUT2D eigenvalue weighted by Gasteiger charge is 2.56. The van der Waals surface area contributed by atoms with Crippen LogP contribution in [0.25, 0.3) is 0 Å². The van der Waals surface area contributed by atoms with Crippen molar-refractivity contribution in [3.8, 4) is 0 Å². The molecule has 2 amide bonds. The van der Waals surface area contributed by atoms with Crippen molar-refractivity contribution in [3.63, 3.8) is 0 Å². The summed E-state index contributed by atoms with van der Waals surface area (Å²) < 4.78 is 51.6. The van der Waals surface area contributed by atoms with Gasteiger partial charge in [-0.25, -0.2) is 25.4 Å². The van der Waals surface area contributed by atoms with Crippen LogP contribution in [0.4, 0.5) is 0 Å². The molecule has 4 aliphatic rings. The van der Waals surface area contributed by atoms with Gasteiger partial charge >= 0.3 is 0 Å². The summed E-state index contributed by atoms with van der Waals surface area (Å²) in [4.78, 5) is 26.0. The predicted molar refractivity (Wildman–Crippen MR) is 168 cm³/mol. The van der Waals surface area contributed by atoms with Gasteiger partial charge in [0.2, 0.25) is 20.0 Å². The minimum atomic E-state index is -3.55. The maximum absolute atomic E-state index is 12.9. The van der Waals surface area contributed by atoms with Gasteiger partial charge in [-0.2, -0.15) is 0 Å². The van der Waals surface area contributed by atoms with Gasteiger partial charge < -0.3 is 10.6 Å². The average Bonchev–Trinajstić information content (AvgIpc) is 2.96. The van der Waals surface area contributed by atoms with Crippen molar-refractivity contribution < 1.29 is 26.4 Å². The van der Waals surface area contributed by atoms with E-state index in [1.54, 1.807) is 24.3 Å². The van der Waals surface area contributed by atoms with Crippen molar-refractivity contribution in [2.24, 2.45) is 22.7 Å². The van der Waals surface area contributed by atoms with Gasteiger partial charge in [0.05, 0.1) is 9.79 Å². The number of hydrogen-bond acceptors (Lipinski definition) is 6. The van der Waals surface area contributed by atoms with E-state index in [0.29, 0.717) is 36.1 Å². The van der Waals surface area contributed by atoms with Crippen LogP contribution in [-0.4, -0.2) is 78.5 Å². The third-order valence-corrected chi connectivity index (χ3v) is 13.6. The molecule has 4 saturated carbocycles. The molecule has 0 radical (unpaired) electrons. The summed E-state index contributed by atoms with van der Waals surface area (Å²) in [5.41, 5.74) is 1.26. The summed E-state index contributed by atoms with van der Waals surface area (Å²) in [5, 5.41) is 6.13. The molecule has 0 unspecified atom stereocenters. The number of hydrogen-bond donors (Lipinski definition) is 2. The van der Waals surface area contributed by atoms with E-state index in [1.165, 1.54) is 84.6 Å².